The Balaban J connectivity index is 2.46. The van der Waals surface area contributed by atoms with Gasteiger partial charge >= 0.3 is 0 Å². The van der Waals surface area contributed by atoms with Crippen LogP contribution in [0.5, 0.6) is 11.5 Å². The maximum atomic E-state index is 12.7. The van der Waals surface area contributed by atoms with Crippen molar-refractivity contribution in [2.45, 2.75) is 19.8 Å². The molecule has 92 valence electrons. The third-order valence-electron chi connectivity index (χ3n) is 2.43. The highest BCUT2D eigenvalue weighted by Gasteiger charge is 2.21. The first-order valence-electron chi connectivity index (χ1n) is 5.28. The summed E-state index contributed by atoms with van der Waals surface area (Å²) in [5, 5.41) is 0. The topological polar surface area (TPSA) is 35.5 Å². The third kappa shape index (κ3) is 2.54. The summed E-state index contributed by atoms with van der Waals surface area (Å²) in [6.07, 6.45) is -2.51. The van der Waals surface area contributed by atoms with Gasteiger partial charge in [-0.05, 0) is 19.1 Å². The molecule has 1 aromatic rings. The molecule has 5 heteroatoms. The molecule has 1 heterocycles. The first kappa shape index (κ1) is 11.8. The van der Waals surface area contributed by atoms with E-state index in [1.165, 1.54) is 19.1 Å². The van der Waals surface area contributed by atoms with Gasteiger partial charge < -0.3 is 9.47 Å². The lowest BCUT2D eigenvalue weighted by atomic mass is 10.0. The van der Waals surface area contributed by atoms with E-state index in [4.69, 9.17) is 9.47 Å². The number of benzene rings is 1. The molecule has 0 radical (unpaired) electrons. The average Bonchev–Trinajstić information content (AvgIpc) is 2.28. The minimum Gasteiger partial charge on any atom is -0.486 e. The summed E-state index contributed by atoms with van der Waals surface area (Å²) >= 11 is 0. The van der Waals surface area contributed by atoms with Crippen molar-refractivity contribution in [3.8, 4) is 11.5 Å². The molecule has 1 aliphatic rings. The zero-order valence-electron chi connectivity index (χ0n) is 9.33. The maximum absolute atomic E-state index is 12.7. The first-order chi connectivity index (χ1) is 8.08. The fourth-order valence-electron chi connectivity index (χ4n) is 1.78. The largest absolute Gasteiger partial charge is 0.486 e. The fraction of sp³-hybridized carbons (Fsp3) is 0.417. The van der Waals surface area contributed by atoms with Crippen LogP contribution in [0.2, 0.25) is 0 Å². The van der Waals surface area contributed by atoms with E-state index in [1.807, 2.05) is 0 Å². The highest BCUT2D eigenvalue weighted by molar-refractivity contribution is 5.79. The highest BCUT2D eigenvalue weighted by Crippen LogP contribution is 2.38. The van der Waals surface area contributed by atoms with E-state index >= 15 is 0 Å². The average molecular weight is 242 g/mol. The Bertz CT molecular complexity index is 444. The Kier molecular flexibility index (Phi) is 3.26. The van der Waals surface area contributed by atoms with Crippen molar-refractivity contribution < 1.29 is 23.0 Å². The number of fused-ring (bicyclic) bond motifs is 1. The number of ketones is 1. The predicted octanol–water partition coefficient (Wildman–Crippen LogP) is 2.53. The number of rotatable bonds is 3. The summed E-state index contributed by atoms with van der Waals surface area (Å²) in [4.78, 5) is 11.1. The molecule has 0 fully saturated rings. The Morgan fingerprint density at radius 3 is 2.71 bits per heavy atom. The third-order valence-corrected chi connectivity index (χ3v) is 2.43. The first-order valence-corrected chi connectivity index (χ1v) is 5.28. The van der Waals surface area contributed by atoms with Crippen LogP contribution in [-0.2, 0) is 11.2 Å². The SMILES string of the molecule is CC(=O)Cc1cc(C(F)F)cc2c1OCCO2. The van der Waals surface area contributed by atoms with Gasteiger partial charge in [-0.1, -0.05) is 0 Å². The van der Waals surface area contributed by atoms with E-state index in [9.17, 15) is 13.6 Å². The number of alkyl halides is 2. The zero-order valence-corrected chi connectivity index (χ0v) is 9.33. The lowest BCUT2D eigenvalue weighted by molar-refractivity contribution is -0.116. The van der Waals surface area contributed by atoms with Crippen LogP contribution < -0.4 is 9.47 Å². The lowest BCUT2D eigenvalue weighted by Crippen LogP contribution is -2.17. The summed E-state index contributed by atoms with van der Waals surface area (Å²) in [5.74, 6) is 0.605. The summed E-state index contributed by atoms with van der Waals surface area (Å²) in [6, 6.07) is 2.57. The summed E-state index contributed by atoms with van der Waals surface area (Å²) in [6.45, 7) is 2.11. The van der Waals surface area contributed by atoms with Crippen LogP contribution in [0.3, 0.4) is 0 Å². The monoisotopic (exact) mass is 242 g/mol. The quantitative estimate of drug-likeness (QED) is 0.817. The van der Waals surface area contributed by atoms with Crippen LogP contribution in [0.4, 0.5) is 8.78 Å². The van der Waals surface area contributed by atoms with Crippen LogP contribution in [0.1, 0.15) is 24.5 Å². The molecule has 0 N–H and O–H groups in total. The summed E-state index contributed by atoms with van der Waals surface area (Å²) in [5.41, 5.74) is 0.315. The molecular formula is C12H12F2O3. The van der Waals surface area contributed by atoms with Crippen molar-refractivity contribution >= 4 is 5.78 Å². The Morgan fingerprint density at radius 1 is 1.35 bits per heavy atom. The van der Waals surface area contributed by atoms with Gasteiger partial charge in [0, 0.05) is 17.5 Å². The molecular weight excluding hydrogens is 230 g/mol. The standard InChI is InChI=1S/C12H12F2O3/c1-7(15)4-8-5-9(12(13)14)6-10-11(8)17-3-2-16-10/h5-6,12H,2-4H2,1H3. The van der Waals surface area contributed by atoms with E-state index in [1.54, 1.807) is 0 Å². The van der Waals surface area contributed by atoms with E-state index < -0.39 is 6.43 Å². The second-order valence-corrected chi connectivity index (χ2v) is 3.88. The molecule has 3 nitrogen and oxygen atoms in total. The lowest BCUT2D eigenvalue weighted by Gasteiger charge is -2.22. The van der Waals surface area contributed by atoms with Crippen molar-refractivity contribution in [2.24, 2.45) is 0 Å². The van der Waals surface area contributed by atoms with Gasteiger partial charge in [-0.3, -0.25) is 4.79 Å². The van der Waals surface area contributed by atoms with Crippen LogP contribution in [0.25, 0.3) is 0 Å². The van der Waals surface area contributed by atoms with Gasteiger partial charge in [-0.25, -0.2) is 8.78 Å². The molecule has 1 aliphatic heterocycles. The van der Waals surface area contributed by atoms with Gasteiger partial charge in [0.25, 0.3) is 6.43 Å². The molecule has 0 aliphatic carbocycles. The van der Waals surface area contributed by atoms with Gasteiger partial charge in [0.15, 0.2) is 11.5 Å². The number of carbonyl (C=O) groups is 1. The molecule has 0 unspecified atom stereocenters. The highest BCUT2D eigenvalue weighted by atomic mass is 19.3. The van der Waals surface area contributed by atoms with Crippen molar-refractivity contribution in [3.63, 3.8) is 0 Å². The zero-order chi connectivity index (χ0) is 12.4. The molecule has 1 aromatic carbocycles. The molecule has 0 amide bonds. The van der Waals surface area contributed by atoms with Crippen LogP contribution in [0, 0.1) is 0 Å². The summed E-state index contributed by atoms with van der Waals surface area (Å²) < 4.78 is 36.0. The molecule has 17 heavy (non-hydrogen) atoms. The van der Waals surface area contributed by atoms with Crippen LogP contribution in [-0.4, -0.2) is 19.0 Å². The van der Waals surface area contributed by atoms with E-state index in [-0.39, 0.29) is 17.8 Å². The number of carbonyl (C=O) groups excluding carboxylic acids is 1. The van der Waals surface area contributed by atoms with Crippen LogP contribution >= 0.6 is 0 Å². The van der Waals surface area contributed by atoms with Crippen molar-refractivity contribution in [2.75, 3.05) is 13.2 Å². The number of halogens is 2. The number of ether oxygens (including phenoxy) is 2. The second kappa shape index (κ2) is 4.69. The van der Waals surface area contributed by atoms with E-state index in [0.717, 1.165) is 0 Å². The molecule has 0 bridgehead atoms. The molecule has 0 atom stereocenters. The molecule has 2 rings (SSSR count). The Hall–Kier alpha value is -1.65. The Morgan fingerprint density at radius 2 is 2.06 bits per heavy atom. The number of hydrogen-bond donors (Lipinski definition) is 0. The van der Waals surface area contributed by atoms with Gasteiger partial charge in [0.2, 0.25) is 0 Å². The van der Waals surface area contributed by atoms with Gasteiger partial charge in [-0.15, -0.1) is 0 Å². The fourth-order valence-corrected chi connectivity index (χ4v) is 1.78. The van der Waals surface area contributed by atoms with Crippen LogP contribution in [0.15, 0.2) is 12.1 Å². The van der Waals surface area contributed by atoms with E-state index in [2.05, 4.69) is 0 Å². The van der Waals surface area contributed by atoms with Crippen molar-refractivity contribution in [1.82, 2.24) is 0 Å². The minimum absolute atomic E-state index is 0.0756. The predicted molar refractivity (Wildman–Crippen MR) is 56.8 cm³/mol. The summed E-state index contributed by atoms with van der Waals surface area (Å²) in [7, 11) is 0. The second-order valence-electron chi connectivity index (χ2n) is 3.88. The molecule has 0 saturated heterocycles. The van der Waals surface area contributed by atoms with E-state index in [0.29, 0.717) is 30.3 Å². The van der Waals surface area contributed by atoms with Gasteiger partial charge in [-0.2, -0.15) is 0 Å². The van der Waals surface area contributed by atoms with Crippen molar-refractivity contribution in [1.29, 1.82) is 0 Å². The molecule has 0 saturated carbocycles. The smallest absolute Gasteiger partial charge is 0.263 e. The van der Waals surface area contributed by atoms with Gasteiger partial charge in [0.05, 0.1) is 0 Å². The Labute approximate surface area is 97.3 Å². The number of Topliss-reactive ketones (excluding diaryl/α,β-unsaturated/α-hetero) is 1. The molecule has 0 aromatic heterocycles. The van der Waals surface area contributed by atoms with Crippen molar-refractivity contribution in [3.05, 3.63) is 23.3 Å². The molecule has 0 spiro atoms. The minimum atomic E-state index is -2.59. The van der Waals surface area contributed by atoms with Gasteiger partial charge in [0.1, 0.15) is 19.0 Å². The normalized spacial score (nSPS) is 13.9. The number of hydrogen-bond acceptors (Lipinski definition) is 3. The maximum Gasteiger partial charge on any atom is 0.263 e.